The van der Waals surface area contributed by atoms with E-state index in [1.54, 1.807) is 0 Å². The van der Waals surface area contributed by atoms with E-state index in [0.29, 0.717) is 0 Å². The van der Waals surface area contributed by atoms with Gasteiger partial charge in [-0.25, -0.2) is 26.3 Å². The molecule has 1 heterocycles. The minimum absolute atomic E-state index is 0.0374. The number of nitrogens with zero attached hydrogens (tertiary/aromatic N) is 3. The van der Waals surface area contributed by atoms with Gasteiger partial charge >= 0.3 is 23.0 Å². The molecular formula is C36H24F6N3O6P3. The Bertz CT molecular complexity index is 1980. The molecule has 0 unspecified atom stereocenters. The highest BCUT2D eigenvalue weighted by Gasteiger charge is 2.49. The normalized spacial score (nSPS) is 15.0. The van der Waals surface area contributed by atoms with Crippen molar-refractivity contribution < 1.29 is 53.5 Å². The smallest absolute Gasteiger partial charge is 0.413 e. The van der Waals surface area contributed by atoms with Crippen LogP contribution in [0.1, 0.15) is 0 Å². The number of halogens is 6. The number of benzene rings is 6. The largest absolute Gasteiger partial charge is 0.460 e. The first-order chi connectivity index (χ1) is 26.0. The van der Waals surface area contributed by atoms with Gasteiger partial charge in [0.2, 0.25) is 0 Å². The van der Waals surface area contributed by atoms with Crippen molar-refractivity contribution in [1.82, 2.24) is 0 Å². The minimum atomic E-state index is -4.48. The topological polar surface area (TPSA) is 92.5 Å². The number of hydrogen-bond acceptors (Lipinski definition) is 9. The average Bonchev–Trinajstić information content (AvgIpc) is 3.14. The monoisotopic (exact) mass is 801 g/mol. The summed E-state index contributed by atoms with van der Waals surface area (Å²) in [4.78, 5) is 0. The molecule has 0 fully saturated rings. The van der Waals surface area contributed by atoms with E-state index < -0.39 is 57.9 Å². The molecule has 0 radical (unpaired) electrons. The summed E-state index contributed by atoms with van der Waals surface area (Å²) in [7, 11) is -13.4. The molecular weight excluding hydrogens is 777 g/mol. The van der Waals surface area contributed by atoms with Crippen LogP contribution >= 0.6 is 23.0 Å². The zero-order valence-electron chi connectivity index (χ0n) is 27.3. The molecule has 0 aliphatic carbocycles. The predicted molar refractivity (Wildman–Crippen MR) is 190 cm³/mol. The molecule has 9 nitrogen and oxygen atoms in total. The molecule has 6 aromatic carbocycles. The van der Waals surface area contributed by atoms with E-state index in [1.807, 2.05) is 0 Å². The Labute approximate surface area is 304 Å². The fourth-order valence-corrected chi connectivity index (χ4v) is 13.6. The van der Waals surface area contributed by atoms with Gasteiger partial charge in [-0.3, -0.25) is 0 Å². The van der Waals surface area contributed by atoms with Gasteiger partial charge in [0, 0.05) is 0 Å². The summed E-state index contributed by atoms with van der Waals surface area (Å²) < 4.78 is 138. The molecule has 0 amide bonds. The summed E-state index contributed by atoms with van der Waals surface area (Å²) in [5, 5.41) is 0. The second kappa shape index (κ2) is 15.4. The molecule has 0 aromatic heterocycles. The SMILES string of the molecule is Fc1ccc(OP2(Oc3ccc(F)cc3)=NP(Oc3ccc(F)cc3)(Oc3ccc(F)cc3)=NP(Oc3ccc(F)cc3)(Oc3ccc(F)cc3)=N2)cc1. The van der Waals surface area contributed by atoms with E-state index in [0.717, 1.165) is 72.8 Å². The molecule has 0 spiro atoms. The maximum absolute atomic E-state index is 14.1. The first-order valence-corrected chi connectivity index (χ1v) is 20.2. The van der Waals surface area contributed by atoms with Gasteiger partial charge in [-0.1, -0.05) is 13.5 Å². The van der Waals surface area contributed by atoms with E-state index >= 15 is 0 Å². The summed E-state index contributed by atoms with van der Waals surface area (Å²) in [5.41, 5.74) is 0. The van der Waals surface area contributed by atoms with Crippen LogP contribution in [0.2, 0.25) is 0 Å². The van der Waals surface area contributed by atoms with Crippen molar-refractivity contribution in [3.05, 3.63) is 180 Å². The summed E-state index contributed by atoms with van der Waals surface area (Å²) in [6.07, 6.45) is 0. The van der Waals surface area contributed by atoms with Gasteiger partial charge in [0.05, 0.1) is 0 Å². The van der Waals surface area contributed by atoms with E-state index in [2.05, 4.69) is 0 Å². The van der Waals surface area contributed by atoms with Crippen molar-refractivity contribution in [1.29, 1.82) is 0 Å². The van der Waals surface area contributed by atoms with E-state index in [-0.39, 0.29) is 34.5 Å². The van der Waals surface area contributed by atoms with Gasteiger partial charge in [-0.15, -0.1) is 0 Å². The number of rotatable bonds is 12. The summed E-state index contributed by atoms with van der Waals surface area (Å²) >= 11 is 0. The Morgan fingerprint density at radius 3 is 0.500 bits per heavy atom. The van der Waals surface area contributed by atoms with E-state index in [1.165, 1.54) is 72.8 Å². The maximum atomic E-state index is 14.1. The Balaban J connectivity index is 1.56. The molecule has 0 N–H and O–H groups in total. The van der Waals surface area contributed by atoms with Gasteiger partial charge in [-0.05, 0) is 146 Å². The Morgan fingerprint density at radius 1 is 0.241 bits per heavy atom. The lowest BCUT2D eigenvalue weighted by atomic mass is 10.3. The van der Waals surface area contributed by atoms with Crippen LogP contribution in [-0.4, -0.2) is 0 Å². The summed E-state index contributed by atoms with van der Waals surface area (Å²) in [5.74, 6) is -3.87. The highest BCUT2D eigenvalue weighted by atomic mass is 31.3. The van der Waals surface area contributed by atoms with Crippen LogP contribution in [0.4, 0.5) is 26.3 Å². The van der Waals surface area contributed by atoms with Crippen LogP contribution in [0.5, 0.6) is 34.5 Å². The Kier molecular flexibility index (Phi) is 10.5. The lowest BCUT2D eigenvalue weighted by molar-refractivity contribution is 0.441. The Morgan fingerprint density at radius 2 is 0.370 bits per heavy atom. The van der Waals surface area contributed by atoms with Crippen LogP contribution in [0, 0.1) is 34.9 Å². The van der Waals surface area contributed by atoms with Crippen molar-refractivity contribution in [2.75, 3.05) is 0 Å². The van der Waals surface area contributed by atoms with Gasteiger partial charge < -0.3 is 27.1 Å². The van der Waals surface area contributed by atoms with Crippen LogP contribution in [0.3, 0.4) is 0 Å². The fourth-order valence-electron chi connectivity index (χ4n) is 4.55. The molecule has 0 saturated carbocycles. The molecule has 18 heteroatoms. The second-order valence-electron chi connectivity index (χ2n) is 11.0. The van der Waals surface area contributed by atoms with Crippen molar-refractivity contribution in [3.8, 4) is 34.5 Å². The lowest BCUT2D eigenvalue weighted by Crippen LogP contribution is -2.11. The van der Waals surface area contributed by atoms with Crippen molar-refractivity contribution >= 4 is 23.0 Å². The summed E-state index contributed by atoms with van der Waals surface area (Å²) in [6, 6.07) is 28.2. The molecule has 276 valence electrons. The molecule has 54 heavy (non-hydrogen) atoms. The van der Waals surface area contributed by atoms with Crippen LogP contribution in [-0.2, 0) is 0 Å². The maximum Gasteiger partial charge on any atom is 0.460 e. The Hall–Kier alpha value is -5.61. The van der Waals surface area contributed by atoms with Gasteiger partial charge in [0.15, 0.2) is 0 Å². The minimum Gasteiger partial charge on any atom is -0.413 e. The molecule has 0 bridgehead atoms. The number of hydrogen-bond donors (Lipinski definition) is 0. The van der Waals surface area contributed by atoms with Gasteiger partial charge in [0.1, 0.15) is 69.4 Å². The fraction of sp³-hybridized carbons (Fsp3) is 0. The van der Waals surface area contributed by atoms with Gasteiger partial charge in [0.25, 0.3) is 0 Å². The zero-order chi connectivity index (χ0) is 37.8. The summed E-state index contributed by atoms with van der Waals surface area (Å²) in [6.45, 7) is 0. The van der Waals surface area contributed by atoms with Crippen LogP contribution < -0.4 is 27.1 Å². The predicted octanol–water partition coefficient (Wildman–Crippen LogP) is 13.1. The van der Waals surface area contributed by atoms with Crippen LogP contribution in [0.25, 0.3) is 0 Å². The van der Waals surface area contributed by atoms with Crippen molar-refractivity contribution in [3.63, 3.8) is 0 Å². The molecule has 0 atom stereocenters. The standard InChI is InChI=1S/C36H24F6N3O6P3/c37-25-1-13-31(14-2-25)46-52(47-32-15-3-26(38)4-16-32)43-53(48-33-17-5-27(39)6-18-33,49-34-19-7-28(40)8-20-34)45-54(44-52,50-35-21-9-29(41)10-22-35)51-36-23-11-30(42)12-24-36/h1-24H. The van der Waals surface area contributed by atoms with E-state index in [9.17, 15) is 26.3 Å². The zero-order valence-corrected chi connectivity index (χ0v) is 29.9. The third kappa shape index (κ3) is 9.12. The van der Waals surface area contributed by atoms with Crippen molar-refractivity contribution in [2.24, 2.45) is 13.5 Å². The molecule has 6 aromatic rings. The second-order valence-corrected chi connectivity index (χ2v) is 17.2. The first kappa shape index (κ1) is 36.7. The molecule has 7 rings (SSSR count). The van der Waals surface area contributed by atoms with E-state index in [4.69, 9.17) is 40.7 Å². The van der Waals surface area contributed by atoms with Gasteiger partial charge in [-0.2, -0.15) is 0 Å². The lowest BCUT2D eigenvalue weighted by Gasteiger charge is -2.33. The quantitative estimate of drug-likeness (QED) is 0.0904. The third-order valence-corrected chi connectivity index (χ3v) is 15.0. The third-order valence-electron chi connectivity index (χ3n) is 6.91. The van der Waals surface area contributed by atoms with Crippen LogP contribution in [0.15, 0.2) is 159 Å². The molecule has 0 saturated heterocycles. The molecule has 1 aliphatic heterocycles. The average molecular weight is 802 g/mol. The molecule has 1 aliphatic rings. The highest BCUT2D eigenvalue weighted by Crippen LogP contribution is 2.78. The highest BCUT2D eigenvalue weighted by molar-refractivity contribution is 7.79. The van der Waals surface area contributed by atoms with Crippen molar-refractivity contribution in [2.45, 2.75) is 0 Å². The first-order valence-electron chi connectivity index (χ1n) is 15.6.